The van der Waals surface area contributed by atoms with E-state index in [-0.39, 0.29) is 6.04 Å². The molecule has 0 aliphatic carbocycles. The largest absolute Gasteiger partial charge is 0.371 e. The zero-order chi connectivity index (χ0) is 13.1. The molecule has 0 aliphatic rings. The van der Waals surface area contributed by atoms with E-state index in [1.54, 1.807) is 22.7 Å². The first-order valence-corrected chi connectivity index (χ1v) is 7.85. The molecule has 3 aromatic rings. The minimum atomic E-state index is 0.211. The molecule has 0 radical (unpaired) electrons. The van der Waals surface area contributed by atoms with Gasteiger partial charge in [0.1, 0.15) is 0 Å². The molecule has 2 nitrogen and oxygen atoms in total. The van der Waals surface area contributed by atoms with Crippen molar-refractivity contribution in [3.8, 4) is 0 Å². The fourth-order valence-electron chi connectivity index (χ4n) is 1.99. The molecule has 0 fully saturated rings. The van der Waals surface area contributed by atoms with Crippen molar-refractivity contribution in [1.82, 2.24) is 4.98 Å². The third kappa shape index (κ3) is 2.69. The Morgan fingerprint density at radius 2 is 1.68 bits per heavy atom. The fourth-order valence-corrected chi connectivity index (χ4v) is 3.65. The number of pyridine rings is 1. The third-order valence-corrected chi connectivity index (χ3v) is 4.84. The van der Waals surface area contributed by atoms with Crippen LogP contribution in [0.3, 0.4) is 0 Å². The zero-order valence-corrected chi connectivity index (χ0v) is 12.2. The molecule has 0 atom stereocenters. The monoisotopic (exact) mass is 286 g/mol. The molecular formula is C15H14N2S2. The van der Waals surface area contributed by atoms with Crippen LogP contribution in [0.5, 0.6) is 0 Å². The number of rotatable bonds is 4. The van der Waals surface area contributed by atoms with Gasteiger partial charge in [0.05, 0.1) is 17.4 Å². The van der Waals surface area contributed by atoms with Gasteiger partial charge in [0, 0.05) is 16.0 Å². The summed E-state index contributed by atoms with van der Waals surface area (Å²) < 4.78 is 0. The molecule has 3 heterocycles. The Kier molecular flexibility index (Phi) is 3.62. The average molecular weight is 286 g/mol. The van der Waals surface area contributed by atoms with Crippen molar-refractivity contribution in [2.75, 3.05) is 5.32 Å². The second-order valence-electron chi connectivity index (χ2n) is 4.24. The second kappa shape index (κ2) is 5.55. The van der Waals surface area contributed by atoms with Gasteiger partial charge in [-0.05, 0) is 41.9 Å². The van der Waals surface area contributed by atoms with Crippen molar-refractivity contribution in [3.05, 3.63) is 68.8 Å². The molecule has 3 aromatic heterocycles. The van der Waals surface area contributed by atoms with Crippen LogP contribution in [0.4, 0.5) is 5.69 Å². The lowest BCUT2D eigenvalue weighted by Gasteiger charge is -2.18. The first kappa shape index (κ1) is 12.4. The smallest absolute Gasteiger partial charge is 0.0954 e. The summed E-state index contributed by atoms with van der Waals surface area (Å²) in [5.41, 5.74) is 2.12. The molecular weight excluding hydrogens is 272 g/mol. The SMILES string of the molecule is Cc1ncccc1NC(c1cccs1)c1cccs1. The van der Waals surface area contributed by atoms with Crippen LogP contribution >= 0.6 is 22.7 Å². The summed E-state index contributed by atoms with van der Waals surface area (Å²) in [5, 5.41) is 7.85. The molecule has 0 saturated heterocycles. The standard InChI is InChI=1S/C15H14N2S2/c1-11-12(5-2-8-16-11)17-15(13-6-3-9-18-13)14-7-4-10-19-14/h2-10,15,17H,1H3. The maximum atomic E-state index is 4.34. The molecule has 4 heteroatoms. The van der Waals surface area contributed by atoms with Crippen molar-refractivity contribution in [1.29, 1.82) is 0 Å². The molecule has 0 aliphatic heterocycles. The number of thiophene rings is 2. The van der Waals surface area contributed by atoms with Gasteiger partial charge in [0.25, 0.3) is 0 Å². The molecule has 0 bridgehead atoms. The molecule has 0 amide bonds. The minimum absolute atomic E-state index is 0.211. The van der Waals surface area contributed by atoms with Gasteiger partial charge in [-0.1, -0.05) is 12.1 Å². The lowest BCUT2D eigenvalue weighted by atomic mass is 10.2. The number of anilines is 1. The van der Waals surface area contributed by atoms with Crippen LogP contribution in [-0.2, 0) is 0 Å². The fraction of sp³-hybridized carbons (Fsp3) is 0.133. The van der Waals surface area contributed by atoms with E-state index in [1.165, 1.54) is 9.75 Å². The molecule has 19 heavy (non-hydrogen) atoms. The number of hydrogen-bond donors (Lipinski definition) is 1. The summed E-state index contributed by atoms with van der Waals surface area (Å²) in [6.45, 7) is 2.03. The Morgan fingerprint density at radius 1 is 1.00 bits per heavy atom. The summed E-state index contributed by atoms with van der Waals surface area (Å²) in [6, 6.07) is 12.8. The third-order valence-electron chi connectivity index (χ3n) is 2.96. The molecule has 0 saturated carbocycles. The van der Waals surface area contributed by atoms with E-state index in [2.05, 4.69) is 51.4 Å². The van der Waals surface area contributed by atoms with Crippen LogP contribution in [-0.4, -0.2) is 4.98 Å². The first-order valence-electron chi connectivity index (χ1n) is 6.09. The highest BCUT2D eigenvalue weighted by molar-refractivity contribution is 7.11. The van der Waals surface area contributed by atoms with Gasteiger partial charge in [0.2, 0.25) is 0 Å². The molecule has 0 unspecified atom stereocenters. The van der Waals surface area contributed by atoms with Gasteiger partial charge in [-0.25, -0.2) is 0 Å². The van der Waals surface area contributed by atoms with Crippen LogP contribution in [0.2, 0.25) is 0 Å². The van der Waals surface area contributed by atoms with Crippen LogP contribution in [0.15, 0.2) is 53.4 Å². The van der Waals surface area contributed by atoms with Gasteiger partial charge in [0.15, 0.2) is 0 Å². The van der Waals surface area contributed by atoms with Crippen LogP contribution < -0.4 is 5.32 Å². The summed E-state index contributed by atoms with van der Waals surface area (Å²) in [4.78, 5) is 6.99. The number of hydrogen-bond acceptors (Lipinski definition) is 4. The number of nitrogens with one attached hydrogen (secondary N) is 1. The maximum Gasteiger partial charge on any atom is 0.0954 e. The molecule has 96 valence electrons. The quantitative estimate of drug-likeness (QED) is 0.751. The van der Waals surface area contributed by atoms with Crippen molar-refractivity contribution in [3.63, 3.8) is 0 Å². The van der Waals surface area contributed by atoms with E-state index in [4.69, 9.17) is 0 Å². The van der Waals surface area contributed by atoms with Gasteiger partial charge >= 0.3 is 0 Å². The summed E-state index contributed by atoms with van der Waals surface area (Å²) in [7, 11) is 0. The van der Waals surface area contributed by atoms with E-state index in [1.807, 2.05) is 19.2 Å². The lowest BCUT2D eigenvalue weighted by Crippen LogP contribution is -2.10. The Balaban J connectivity index is 1.95. The second-order valence-corrected chi connectivity index (χ2v) is 6.20. The normalized spacial score (nSPS) is 10.8. The predicted molar refractivity (Wildman–Crippen MR) is 83.1 cm³/mol. The summed E-state index contributed by atoms with van der Waals surface area (Å²) in [5.74, 6) is 0. The van der Waals surface area contributed by atoms with E-state index in [9.17, 15) is 0 Å². The van der Waals surface area contributed by atoms with Crippen molar-refractivity contribution in [2.24, 2.45) is 0 Å². The number of nitrogens with zero attached hydrogens (tertiary/aromatic N) is 1. The maximum absolute atomic E-state index is 4.34. The van der Waals surface area contributed by atoms with Gasteiger partial charge in [-0.2, -0.15) is 0 Å². The van der Waals surface area contributed by atoms with E-state index >= 15 is 0 Å². The molecule has 3 rings (SSSR count). The first-order chi connectivity index (χ1) is 9.34. The Labute approximate surface area is 120 Å². The Morgan fingerprint density at radius 3 is 2.21 bits per heavy atom. The number of aromatic nitrogens is 1. The van der Waals surface area contributed by atoms with Crippen molar-refractivity contribution < 1.29 is 0 Å². The number of aryl methyl sites for hydroxylation is 1. The van der Waals surface area contributed by atoms with E-state index in [0.29, 0.717) is 0 Å². The van der Waals surface area contributed by atoms with Gasteiger partial charge in [-0.3, -0.25) is 4.98 Å². The Bertz CT molecular complexity index is 596. The highest BCUT2D eigenvalue weighted by atomic mass is 32.1. The van der Waals surface area contributed by atoms with E-state index in [0.717, 1.165) is 11.4 Å². The highest BCUT2D eigenvalue weighted by Gasteiger charge is 2.16. The lowest BCUT2D eigenvalue weighted by molar-refractivity contribution is 0.981. The topological polar surface area (TPSA) is 24.9 Å². The van der Waals surface area contributed by atoms with Gasteiger partial charge < -0.3 is 5.32 Å². The minimum Gasteiger partial charge on any atom is -0.371 e. The molecule has 0 spiro atoms. The van der Waals surface area contributed by atoms with Crippen LogP contribution in [0.25, 0.3) is 0 Å². The highest BCUT2D eigenvalue weighted by Crippen LogP contribution is 2.32. The summed E-state index contributed by atoms with van der Waals surface area (Å²) >= 11 is 3.56. The Hall–Kier alpha value is -1.65. The molecule has 0 aromatic carbocycles. The predicted octanol–water partition coefficient (Wildman–Crippen LogP) is 4.71. The molecule has 1 N–H and O–H groups in total. The van der Waals surface area contributed by atoms with Crippen molar-refractivity contribution >= 4 is 28.4 Å². The van der Waals surface area contributed by atoms with Gasteiger partial charge in [-0.15, -0.1) is 22.7 Å². The van der Waals surface area contributed by atoms with Crippen LogP contribution in [0, 0.1) is 6.92 Å². The zero-order valence-electron chi connectivity index (χ0n) is 10.5. The average Bonchev–Trinajstić information content (AvgIpc) is 3.11. The van der Waals surface area contributed by atoms with Crippen LogP contribution in [0.1, 0.15) is 21.5 Å². The summed E-state index contributed by atoms with van der Waals surface area (Å²) in [6.07, 6.45) is 1.83. The van der Waals surface area contributed by atoms with Crippen molar-refractivity contribution in [2.45, 2.75) is 13.0 Å². The van der Waals surface area contributed by atoms with E-state index < -0.39 is 0 Å².